The molecule has 0 saturated carbocycles. The molecule has 0 fully saturated rings. The van der Waals surface area contributed by atoms with Gasteiger partial charge in [0.2, 0.25) is 12.7 Å². The summed E-state index contributed by atoms with van der Waals surface area (Å²) in [6.07, 6.45) is -0.616. The Balaban J connectivity index is 1.61. The Labute approximate surface area is 216 Å². The number of carbonyl (C=O) groups is 2. The number of likely N-dealkylation sites (N-methyl/N-ethyl adjacent to an activating group) is 1. The first-order valence-electron chi connectivity index (χ1n) is 11.2. The van der Waals surface area contributed by atoms with Crippen molar-refractivity contribution in [1.29, 1.82) is 0 Å². The van der Waals surface area contributed by atoms with E-state index >= 15 is 0 Å². The molecule has 3 aromatic carbocycles. The Kier molecular flexibility index (Phi) is 7.49. The van der Waals surface area contributed by atoms with Crippen LogP contribution in [0.2, 0.25) is 0 Å². The fraction of sp³-hybridized carbons (Fsp3) is 0.200. The molecule has 0 spiro atoms. The highest BCUT2D eigenvalue weighted by atomic mass is 32.2. The molecule has 1 heterocycles. The van der Waals surface area contributed by atoms with Gasteiger partial charge in [-0.25, -0.2) is 31.1 Å². The third kappa shape index (κ3) is 5.67. The van der Waals surface area contributed by atoms with Crippen LogP contribution in [-0.2, 0) is 21.2 Å². The monoisotopic (exact) mass is 549 g/mol. The van der Waals surface area contributed by atoms with Crippen molar-refractivity contribution in [3.63, 3.8) is 0 Å². The first kappa shape index (κ1) is 26.8. The number of nitrogens with zero attached hydrogens (tertiary/aromatic N) is 1. The van der Waals surface area contributed by atoms with Crippen LogP contribution >= 0.6 is 0 Å². The molecule has 2 N–H and O–H groups in total. The Morgan fingerprint density at radius 1 is 0.974 bits per heavy atom. The molecule has 1 aliphatic rings. The van der Waals surface area contributed by atoms with Crippen LogP contribution in [-0.4, -0.2) is 40.2 Å². The Morgan fingerprint density at radius 3 is 2.39 bits per heavy atom. The van der Waals surface area contributed by atoms with E-state index in [9.17, 15) is 31.2 Å². The molecule has 1 atom stereocenters. The fourth-order valence-electron chi connectivity index (χ4n) is 3.82. The number of ether oxygens (including phenoxy) is 2. The summed E-state index contributed by atoms with van der Waals surface area (Å²) in [7, 11) is -2.98. The third-order valence-electron chi connectivity index (χ3n) is 5.80. The third-order valence-corrected chi connectivity index (χ3v) is 7.29. The SMILES string of the molecule is Cc1ccccc1S(=O)(=O)NC(=O)NC(Cc1cc(F)c(F)cc1F)C(=O)N(C)c1ccc2c(c1)OCO2. The van der Waals surface area contributed by atoms with Crippen LogP contribution in [0.25, 0.3) is 0 Å². The highest BCUT2D eigenvalue weighted by Gasteiger charge is 2.30. The van der Waals surface area contributed by atoms with Crippen molar-refractivity contribution in [3.8, 4) is 11.5 Å². The van der Waals surface area contributed by atoms with Crippen molar-refractivity contribution >= 4 is 27.6 Å². The molecule has 0 aliphatic carbocycles. The number of aryl methyl sites for hydroxylation is 1. The Morgan fingerprint density at radius 2 is 1.66 bits per heavy atom. The Bertz CT molecular complexity index is 1520. The van der Waals surface area contributed by atoms with Crippen molar-refractivity contribution in [1.82, 2.24) is 10.0 Å². The quantitative estimate of drug-likeness (QED) is 0.437. The zero-order valence-corrected chi connectivity index (χ0v) is 20.9. The van der Waals surface area contributed by atoms with Gasteiger partial charge in [-0.05, 0) is 42.3 Å². The van der Waals surface area contributed by atoms with Gasteiger partial charge in [-0.2, -0.15) is 0 Å². The summed E-state index contributed by atoms with van der Waals surface area (Å²) >= 11 is 0. The average Bonchev–Trinajstić information content (AvgIpc) is 3.33. The lowest BCUT2D eigenvalue weighted by Crippen LogP contribution is -2.52. The predicted octanol–water partition coefficient (Wildman–Crippen LogP) is 3.40. The van der Waals surface area contributed by atoms with E-state index in [1.54, 1.807) is 12.1 Å². The van der Waals surface area contributed by atoms with E-state index < -0.39 is 57.4 Å². The van der Waals surface area contributed by atoms with E-state index in [1.165, 1.54) is 44.3 Å². The maximum atomic E-state index is 14.4. The number of sulfonamides is 1. The van der Waals surface area contributed by atoms with E-state index in [0.29, 0.717) is 34.9 Å². The summed E-state index contributed by atoms with van der Waals surface area (Å²) in [6.45, 7) is 1.52. The van der Waals surface area contributed by atoms with Crippen molar-refractivity contribution in [3.05, 3.63) is 83.2 Å². The minimum absolute atomic E-state index is 0.00836. The molecule has 13 heteroatoms. The summed E-state index contributed by atoms with van der Waals surface area (Å²) in [5.41, 5.74) is 0.264. The molecule has 38 heavy (non-hydrogen) atoms. The number of urea groups is 1. The molecule has 1 unspecified atom stereocenters. The minimum Gasteiger partial charge on any atom is -0.454 e. The molecule has 9 nitrogen and oxygen atoms in total. The van der Waals surface area contributed by atoms with Gasteiger partial charge in [0, 0.05) is 31.3 Å². The van der Waals surface area contributed by atoms with Crippen LogP contribution in [0.15, 0.2) is 59.5 Å². The van der Waals surface area contributed by atoms with Crippen LogP contribution < -0.4 is 24.4 Å². The molecule has 200 valence electrons. The number of fused-ring (bicyclic) bond motifs is 1. The molecular formula is C25H22F3N3O6S. The van der Waals surface area contributed by atoms with Gasteiger partial charge < -0.3 is 19.7 Å². The van der Waals surface area contributed by atoms with Crippen LogP contribution in [0, 0.1) is 24.4 Å². The van der Waals surface area contributed by atoms with Crippen LogP contribution in [0.4, 0.5) is 23.7 Å². The van der Waals surface area contributed by atoms with E-state index in [1.807, 2.05) is 4.72 Å². The first-order valence-corrected chi connectivity index (χ1v) is 12.6. The molecular weight excluding hydrogens is 527 g/mol. The molecule has 4 rings (SSSR count). The lowest BCUT2D eigenvalue weighted by Gasteiger charge is -2.25. The van der Waals surface area contributed by atoms with E-state index in [4.69, 9.17) is 9.47 Å². The minimum atomic E-state index is -4.34. The molecule has 0 saturated heterocycles. The number of nitrogens with one attached hydrogen (secondary N) is 2. The summed E-state index contributed by atoms with van der Waals surface area (Å²) in [5, 5.41) is 2.22. The standard InChI is InChI=1S/C25H22F3N3O6S/c1-14-5-3-4-6-23(14)38(34,35)30-25(33)29-20(10-15-9-18(27)19(28)12-17(15)26)24(32)31(2)16-7-8-21-22(11-16)37-13-36-21/h3-9,11-12,20H,10,13H2,1-2H3,(H2,29,30,33). The summed E-state index contributed by atoms with van der Waals surface area (Å²) < 4.78 is 79.5. The van der Waals surface area contributed by atoms with E-state index in [-0.39, 0.29) is 11.7 Å². The van der Waals surface area contributed by atoms with Gasteiger partial charge in [0.1, 0.15) is 11.9 Å². The Hall–Kier alpha value is -4.26. The maximum absolute atomic E-state index is 14.4. The number of rotatable bonds is 7. The second-order valence-electron chi connectivity index (χ2n) is 8.39. The van der Waals surface area contributed by atoms with Crippen molar-refractivity contribution in [2.45, 2.75) is 24.3 Å². The van der Waals surface area contributed by atoms with Gasteiger partial charge in [0.15, 0.2) is 23.1 Å². The number of anilines is 1. The van der Waals surface area contributed by atoms with Crippen LogP contribution in [0.3, 0.4) is 0 Å². The lowest BCUT2D eigenvalue weighted by molar-refractivity contribution is -0.120. The van der Waals surface area contributed by atoms with Gasteiger partial charge in [-0.3, -0.25) is 4.79 Å². The predicted molar refractivity (Wildman–Crippen MR) is 130 cm³/mol. The number of hydrogen-bond donors (Lipinski definition) is 2. The van der Waals surface area contributed by atoms with Crippen LogP contribution in [0.5, 0.6) is 11.5 Å². The summed E-state index contributed by atoms with van der Waals surface area (Å²) in [6, 6.07) is 8.50. The van der Waals surface area contributed by atoms with Gasteiger partial charge in [-0.15, -0.1) is 0 Å². The second-order valence-corrected chi connectivity index (χ2v) is 10.0. The number of hydrogen-bond acceptors (Lipinski definition) is 6. The van der Waals surface area contributed by atoms with Crippen molar-refractivity contribution in [2.24, 2.45) is 0 Å². The van der Waals surface area contributed by atoms with Gasteiger partial charge >= 0.3 is 6.03 Å². The zero-order valence-electron chi connectivity index (χ0n) is 20.1. The summed E-state index contributed by atoms with van der Waals surface area (Å²) in [4.78, 5) is 27.1. The smallest absolute Gasteiger partial charge is 0.329 e. The lowest BCUT2D eigenvalue weighted by atomic mass is 10.0. The molecule has 3 amide bonds. The first-order chi connectivity index (χ1) is 18.0. The molecule has 3 aromatic rings. The number of benzene rings is 3. The van der Waals surface area contributed by atoms with Crippen molar-refractivity contribution < 1.29 is 40.7 Å². The number of amides is 3. The van der Waals surface area contributed by atoms with Gasteiger partial charge in [-0.1, -0.05) is 18.2 Å². The van der Waals surface area contributed by atoms with E-state index in [2.05, 4.69) is 5.32 Å². The topological polar surface area (TPSA) is 114 Å². The van der Waals surface area contributed by atoms with Crippen LogP contribution in [0.1, 0.15) is 11.1 Å². The highest BCUT2D eigenvalue weighted by molar-refractivity contribution is 7.90. The zero-order chi connectivity index (χ0) is 27.6. The highest BCUT2D eigenvalue weighted by Crippen LogP contribution is 2.35. The second kappa shape index (κ2) is 10.6. The number of halogens is 3. The largest absolute Gasteiger partial charge is 0.454 e. The van der Waals surface area contributed by atoms with Gasteiger partial charge in [0.05, 0.1) is 4.90 Å². The van der Waals surface area contributed by atoms with E-state index in [0.717, 1.165) is 4.90 Å². The normalized spacial score (nSPS) is 13.1. The average molecular weight is 550 g/mol. The molecule has 1 aliphatic heterocycles. The van der Waals surface area contributed by atoms with Gasteiger partial charge in [0.25, 0.3) is 10.0 Å². The maximum Gasteiger partial charge on any atom is 0.329 e. The molecule has 0 aromatic heterocycles. The molecule has 0 radical (unpaired) electrons. The fourth-order valence-corrected chi connectivity index (χ4v) is 4.98. The summed E-state index contributed by atoms with van der Waals surface area (Å²) in [5.74, 6) is -3.93. The molecule has 0 bridgehead atoms. The van der Waals surface area contributed by atoms with Crippen molar-refractivity contribution in [2.75, 3.05) is 18.7 Å². The number of carbonyl (C=O) groups excluding carboxylic acids is 2.